The van der Waals surface area contributed by atoms with Crippen molar-refractivity contribution in [1.82, 2.24) is 20.7 Å². The van der Waals surface area contributed by atoms with Gasteiger partial charge in [0.1, 0.15) is 0 Å². The van der Waals surface area contributed by atoms with E-state index in [2.05, 4.69) is 40.0 Å². The molecule has 2 atom stereocenters. The number of rotatable bonds is 9. The number of benzene rings is 2. The molecule has 4 rings (SSSR count). The van der Waals surface area contributed by atoms with Gasteiger partial charge in [-0.15, -0.1) is 0 Å². The number of ether oxygens (including phenoxy) is 3. The Labute approximate surface area is 202 Å². The minimum absolute atomic E-state index is 0.00993. The zero-order valence-corrected chi connectivity index (χ0v) is 20.4. The van der Waals surface area contributed by atoms with Crippen molar-refractivity contribution in [2.75, 3.05) is 46.0 Å². The van der Waals surface area contributed by atoms with Gasteiger partial charge in [-0.2, -0.15) is 0 Å². The zero-order chi connectivity index (χ0) is 23.9. The number of hydrogen-bond acceptors (Lipinski definition) is 7. The number of nitrogens with zero attached hydrogens (tertiary/aromatic N) is 2. The van der Waals surface area contributed by atoms with Crippen molar-refractivity contribution in [2.24, 2.45) is 0 Å². The molecule has 1 amide bonds. The predicted octanol–water partition coefficient (Wildman–Crippen LogP) is 3.21. The van der Waals surface area contributed by atoms with Crippen LogP contribution in [-0.4, -0.2) is 67.9 Å². The van der Waals surface area contributed by atoms with Crippen molar-refractivity contribution < 1.29 is 19.0 Å². The molecule has 2 fully saturated rings. The summed E-state index contributed by atoms with van der Waals surface area (Å²) in [6, 6.07) is 14.3. The quantitative estimate of drug-likeness (QED) is 0.585. The summed E-state index contributed by atoms with van der Waals surface area (Å²) in [4.78, 5) is 17.7. The van der Waals surface area contributed by atoms with Crippen LogP contribution in [0.2, 0.25) is 0 Å². The fraction of sp³-hybridized carbons (Fsp3) is 0.500. The van der Waals surface area contributed by atoms with E-state index in [4.69, 9.17) is 14.2 Å². The molecule has 34 heavy (non-hydrogen) atoms. The van der Waals surface area contributed by atoms with Gasteiger partial charge in [-0.05, 0) is 44.9 Å². The molecule has 0 aromatic heterocycles. The Morgan fingerprint density at radius 1 is 0.882 bits per heavy atom. The van der Waals surface area contributed by atoms with Crippen molar-refractivity contribution in [3.8, 4) is 17.2 Å². The SMILES string of the molecule is CCOc1cc(C(=O)N2CCN(C3CC(c4ccccc4)NN3)CC2)cc(OCC)c1OCC. The van der Waals surface area contributed by atoms with Crippen LogP contribution in [0.5, 0.6) is 17.2 Å². The standard InChI is InChI=1S/C26H36N4O4/c1-4-32-22-16-20(17-23(33-5-2)25(22)34-6-3)26(31)30-14-12-29(13-15-30)24-18-21(27-28-24)19-10-8-7-9-11-19/h7-11,16-17,21,24,27-28H,4-6,12-15,18H2,1-3H3. The summed E-state index contributed by atoms with van der Waals surface area (Å²) >= 11 is 0. The molecule has 0 bridgehead atoms. The first kappa shape index (κ1) is 24.3. The highest BCUT2D eigenvalue weighted by Gasteiger charge is 2.32. The third kappa shape index (κ3) is 5.46. The van der Waals surface area contributed by atoms with E-state index in [9.17, 15) is 4.79 Å². The summed E-state index contributed by atoms with van der Waals surface area (Å²) in [6.07, 6.45) is 1.24. The minimum Gasteiger partial charge on any atom is -0.490 e. The van der Waals surface area contributed by atoms with Crippen LogP contribution in [0, 0.1) is 0 Å². The van der Waals surface area contributed by atoms with E-state index in [1.165, 1.54) is 5.56 Å². The number of piperazine rings is 1. The summed E-state index contributed by atoms with van der Waals surface area (Å²) in [6.45, 7) is 10.2. The summed E-state index contributed by atoms with van der Waals surface area (Å²) in [5.41, 5.74) is 8.71. The molecular weight excluding hydrogens is 432 g/mol. The molecule has 0 spiro atoms. The molecule has 2 heterocycles. The molecule has 0 aliphatic carbocycles. The summed E-state index contributed by atoms with van der Waals surface area (Å²) in [7, 11) is 0. The molecule has 2 aromatic carbocycles. The Morgan fingerprint density at radius 2 is 1.50 bits per heavy atom. The van der Waals surface area contributed by atoms with E-state index in [1.807, 2.05) is 31.7 Å². The van der Waals surface area contributed by atoms with Crippen LogP contribution in [0.4, 0.5) is 0 Å². The number of amides is 1. The first-order valence-corrected chi connectivity index (χ1v) is 12.3. The number of hydrazine groups is 1. The van der Waals surface area contributed by atoms with Crippen LogP contribution in [0.15, 0.2) is 42.5 Å². The zero-order valence-electron chi connectivity index (χ0n) is 20.4. The van der Waals surface area contributed by atoms with Gasteiger partial charge in [0.15, 0.2) is 11.5 Å². The lowest BCUT2D eigenvalue weighted by atomic mass is 10.0. The molecule has 2 saturated heterocycles. The van der Waals surface area contributed by atoms with Crippen molar-refractivity contribution in [3.63, 3.8) is 0 Å². The van der Waals surface area contributed by atoms with Crippen molar-refractivity contribution >= 4 is 5.91 Å². The number of carbonyl (C=O) groups excluding carboxylic acids is 1. The third-order valence-corrected chi connectivity index (χ3v) is 6.28. The van der Waals surface area contributed by atoms with Crippen LogP contribution in [0.25, 0.3) is 0 Å². The van der Waals surface area contributed by atoms with Crippen molar-refractivity contribution in [2.45, 2.75) is 39.4 Å². The van der Waals surface area contributed by atoms with Crippen LogP contribution >= 0.6 is 0 Å². The lowest BCUT2D eigenvalue weighted by Gasteiger charge is -2.37. The second-order valence-electron chi connectivity index (χ2n) is 8.43. The maximum absolute atomic E-state index is 13.4. The number of nitrogens with one attached hydrogen (secondary N) is 2. The van der Waals surface area contributed by atoms with E-state index >= 15 is 0 Å². The Hall–Kier alpha value is -2.81. The van der Waals surface area contributed by atoms with Gasteiger partial charge in [0.25, 0.3) is 5.91 Å². The first-order valence-electron chi connectivity index (χ1n) is 12.3. The van der Waals surface area contributed by atoms with Gasteiger partial charge >= 0.3 is 0 Å². The monoisotopic (exact) mass is 468 g/mol. The van der Waals surface area contributed by atoms with Crippen molar-refractivity contribution in [1.29, 1.82) is 0 Å². The smallest absolute Gasteiger partial charge is 0.254 e. The minimum atomic E-state index is -0.00993. The summed E-state index contributed by atoms with van der Waals surface area (Å²) in [5, 5.41) is 0. The maximum atomic E-state index is 13.4. The fourth-order valence-electron chi connectivity index (χ4n) is 4.61. The third-order valence-electron chi connectivity index (χ3n) is 6.28. The fourth-order valence-corrected chi connectivity index (χ4v) is 4.61. The topological polar surface area (TPSA) is 75.3 Å². The molecule has 2 N–H and O–H groups in total. The van der Waals surface area contributed by atoms with E-state index in [-0.39, 0.29) is 12.1 Å². The number of carbonyl (C=O) groups is 1. The van der Waals surface area contributed by atoms with Gasteiger partial charge in [-0.25, -0.2) is 10.9 Å². The Kier molecular flexibility index (Phi) is 8.26. The Balaban J connectivity index is 1.40. The summed E-state index contributed by atoms with van der Waals surface area (Å²) < 4.78 is 17.3. The predicted molar refractivity (Wildman–Crippen MR) is 131 cm³/mol. The largest absolute Gasteiger partial charge is 0.490 e. The number of hydrogen-bond donors (Lipinski definition) is 2. The van der Waals surface area contributed by atoms with Crippen LogP contribution < -0.4 is 25.1 Å². The van der Waals surface area contributed by atoms with Crippen LogP contribution in [-0.2, 0) is 0 Å². The maximum Gasteiger partial charge on any atom is 0.254 e. The lowest BCUT2D eigenvalue weighted by Crippen LogP contribution is -2.55. The molecule has 8 heteroatoms. The van der Waals surface area contributed by atoms with Crippen LogP contribution in [0.3, 0.4) is 0 Å². The molecule has 0 saturated carbocycles. The second-order valence-corrected chi connectivity index (χ2v) is 8.43. The average Bonchev–Trinajstić information content (AvgIpc) is 3.37. The Morgan fingerprint density at radius 3 is 2.09 bits per heavy atom. The molecule has 2 unspecified atom stereocenters. The van der Waals surface area contributed by atoms with Gasteiger partial charge in [0.05, 0.1) is 26.0 Å². The Bertz CT molecular complexity index is 920. The highest BCUT2D eigenvalue weighted by molar-refractivity contribution is 5.95. The van der Waals surface area contributed by atoms with E-state index in [0.717, 1.165) is 19.5 Å². The second kappa shape index (κ2) is 11.6. The molecule has 0 radical (unpaired) electrons. The van der Waals surface area contributed by atoms with Gasteiger partial charge in [-0.1, -0.05) is 30.3 Å². The molecule has 2 aliphatic heterocycles. The van der Waals surface area contributed by atoms with Gasteiger partial charge in [0, 0.05) is 37.8 Å². The molecule has 2 aliphatic rings. The highest BCUT2D eigenvalue weighted by Crippen LogP contribution is 2.39. The van der Waals surface area contributed by atoms with E-state index in [1.54, 1.807) is 12.1 Å². The molecule has 2 aromatic rings. The average molecular weight is 469 g/mol. The van der Waals surface area contributed by atoms with Crippen LogP contribution in [0.1, 0.15) is 49.2 Å². The van der Waals surface area contributed by atoms with Gasteiger partial charge in [-0.3, -0.25) is 9.69 Å². The first-order chi connectivity index (χ1) is 16.6. The highest BCUT2D eigenvalue weighted by atomic mass is 16.5. The van der Waals surface area contributed by atoms with E-state index in [0.29, 0.717) is 61.8 Å². The van der Waals surface area contributed by atoms with Crippen molar-refractivity contribution in [3.05, 3.63) is 53.6 Å². The lowest BCUT2D eigenvalue weighted by molar-refractivity contribution is 0.0544. The van der Waals surface area contributed by atoms with Gasteiger partial charge < -0.3 is 19.1 Å². The van der Waals surface area contributed by atoms with E-state index < -0.39 is 0 Å². The molecule has 8 nitrogen and oxygen atoms in total. The molecular formula is C26H36N4O4. The normalized spacial score (nSPS) is 20.9. The summed E-state index contributed by atoms with van der Waals surface area (Å²) in [5.74, 6) is 1.64. The molecule has 184 valence electrons. The van der Waals surface area contributed by atoms with Gasteiger partial charge in [0.2, 0.25) is 5.75 Å².